The lowest BCUT2D eigenvalue weighted by atomic mass is 10.2. The molecule has 0 aromatic carbocycles. The topological polar surface area (TPSA) is 43.6 Å². The number of hydrogen-bond acceptors (Lipinski definition) is 4. The predicted molar refractivity (Wildman–Crippen MR) is 85.1 cm³/mol. The highest BCUT2D eigenvalue weighted by Crippen LogP contribution is 2.37. The number of Topliss-reactive ketones (excluding diaryl/α,β-unsaturated/α-hetero) is 1. The molecule has 2 aromatic rings. The van der Waals surface area contributed by atoms with Crippen molar-refractivity contribution in [3.63, 3.8) is 0 Å². The zero-order chi connectivity index (χ0) is 15.1. The van der Waals surface area contributed by atoms with Gasteiger partial charge >= 0.3 is 0 Å². The van der Waals surface area contributed by atoms with Crippen molar-refractivity contribution in [1.29, 1.82) is 0 Å². The molecule has 4 nitrogen and oxygen atoms in total. The van der Waals surface area contributed by atoms with Crippen LogP contribution in [0, 0.1) is 0 Å². The molecule has 0 fully saturated rings. The average molecular weight is 310 g/mol. The van der Waals surface area contributed by atoms with Crippen LogP contribution in [0.2, 0.25) is 18.1 Å². The normalized spacial score (nSPS) is 13.1. The van der Waals surface area contributed by atoms with E-state index in [1.54, 1.807) is 24.5 Å². The maximum absolute atomic E-state index is 11.5. The van der Waals surface area contributed by atoms with Gasteiger partial charge in [-0.15, -0.1) is 0 Å². The minimum atomic E-state index is -1.74. The molecule has 110 valence electrons. The quantitative estimate of drug-likeness (QED) is 0.630. The molecule has 0 unspecified atom stereocenters. The zero-order valence-electron chi connectivity index (χ0n) is 13.0. The second-order valence-corrected chi connectivity index (χ2v) is 12.5. The van der Waals surface area contributed by atoms with E-state index >= 15 is 0 Å². The molecule has 0 saturated carbocycles. The number of fused-ring (bicyclic) bond motifs is 1. The van der Waals surface area contributed by atoms with Crippen molar-refractivity contribution in [3.8, 4) is 0 Å². The van der Waals surface area contributed by atoms with Crippen molar-refractivity contribution in [3.05, 3.63) is 23.0 Å². The van der Waals surface area contributed by atoms with Crippen LogP contribution >= 0.6 is 11.3 Å². The number of thiazole rings is 1. The fraction of sp³-hybridized carbons (Fsp3) is 0.571. The first-order valence-electron chi connectivity index (χ1n) is 6.72. The predicted octanol–water partition coefficient (Wildman–Crippen LogP) is 4.12. The number of nitrogens with zero attached hydrogens (tertiary/aromatic N) is 2. The van der Waals surface area contributed by atoms with Gasteiger partial charge in [-0.2, -0.15) is 0 Å². The molecule has 0 aliphatic rings. The molecule has 2 rings (SSSR count). The lowest BCUT2D eigenvalue weighted by Crippen LogP contribution is -2.40. The van der Waals surface area contributed by atoms with Crippen LogP contribution < -0.4 is 0 Å². The van der Waals surface area contributed by atoms with Crippen molar-refractivity contribution >= 4 is 30.4 Å². The summed E-state index contributed by atoms with van der Waals surface area (Å²) in [5, 5.41) is 0.203. The Bertz CT molecular complexity index is 637. The Labute approximate surface area is 124 Å². The number of aromatic nitrogens is 2. The van der Waals surface area contributed by atoms with E-state index in [9.17, 15) is 4.79 Å². The highest BCUT2D eigenvalue weighted by molar-refractivity contribution is 7.17. The van der Waals surface area contributed by atoms with E-state index in [-0.39, 0.29) is 10.8 Å². The summed E-state index contributed by atoms with van der Waals surface area (Å²) in [5.41, 5.74) is 0.634. The first-order valence-corrected chi connectivity index (χ1v) is 10.4. The number of imidazole rings is 1. The summed E-state index contributed by atoms with van der Waals surface area (Å²) >= 11 is 1.58. The number of ketones is 1. The maximum Gasteiger partial charge on any atom is 0.194 e. The fourth-order valence-corrected chi connectivity index (χ4v) is 3.55. The molecule has 2 heterocycles. The Balaban J connectivity index is 2.17. The Kier molecular flexibility index (Phi) is 3.92. The zero-order valence-corrected chi connectivity index (χ0v) is 14.8. The summed E-state index contributed by atoms with van der Waals surface area (Å²) in [4.78, 5) is 17.7. The summed E-state index contributed by atoms with van der Waals surface area (Å²) in [6.07, 6.45) is 3.60. The molecule has 0 bridgehead atoms. The van der Waals surface area contributed by atoms with Crippen LogP contribution in [0.5, 0.6) is 0 Å². The third-order valence-corrected chi connectivity index (χ3v) is 9.45. The van der Waals surface area contributed by atoms with Crippen LogP contribution in [-0.4, -0.2) is 23.5 Å². The third kappa shape index (κ3) is 2.87. The van der Waals surface area contributed by atoms with Crippen LogP contribution in [0.1, 0.15) is 43.1 Å². The van der Waals surface area contributed by atoms with Gasteiger partial charge in [0, 0.05) is 18.0 Å². The van der Waals surface area contributed by atoms with Gasteiger partial charge in [-0.25, -0.2) is 4.98 Å². The number of rotatable bonds is 4. The molecular weight excluding hydrogens is 288 g/mol. The second-order valence-electron chi connectivity index (χ2n) is 6.60. The largest absolute Gasteiger partial charge is 0.412 e. The Morgan fingerprint density at radius 2 is 2.10 bits per heavy atom. The maximum atomic E-state index is 11.5. The van der Waals surface area contributed by atoms with Crippen molar-refractivity contribution in [2.75, 3.05) is 0 Å². The summed E-state index contributed by atoms with van der Waals surface area (Å²) in [6, 6.07) is 0. The molecule has 0 aliphatic heterocycles. The van der Waals surface area contributed by atoms with Gasteiger partial charge in [0.2, 0.25) is 0 Å². The standard InChI is InChI=1S/C14H22N2O2SSi/c1-10(17)12-7-15-13-16(12)8-11(19-13)9-18-20(5,6)14(2,3)4/h7-8H,9H2,1-6H3. The van der Waals surface area contributed by atoms with E-state index < -0.39 is 8.32 Å². The van der Waals surface area contributed by atoms with Crippen LogP contribution in [0.25, 0.3) is 4.96 Å². The van der Waals surface area contributed by atoms with Gasteiger partial charge in [-0.05, 0) is 18.1 Å². The molecular formula is C14H22N2O2SSi. The molecule has 0 radical (unpaired) electrons. The van der Waals surface area contributed by atoms with Crippen LogP contribution in [0.3, 0.4) is 0 Å². The smallest absolute Gasteiger partial charge is 0.194 e. The molecule has 0 N–H and O–H groups in total. The van der Waals surface area contributed by atoms with Crippen LogP contribution in [0.15, 0.2) is 12.4 Å². The third-order valence-electron chi connectivity index (χ3n) is 4.00. The summed E-state index contributed by atoms with van der Waals surface area (Å²) < 4.78 is 8.06. The second kappa shape index (κ2) is 5.09. The van der Waals surface area contributed by atoms with E-state index in [1.807, 2.05) is 10.6 Å². The summed E-state index contributed by atoms with van der Waals surface area (Å²) in [7, 11) is -1.74. The van der Waals surface area contributed by atoms with Gasteiger partial charge in [-0.3, -0.25) is 9.20 Å². The molecule has 0 amide bonds. The van der Waals surface area contributed by atoms with Crippen molar-refractivity contribution < 1.29 is 9.22 Å². The minimum absolute atomic E-state index is 0.0344. The van der Waals surface area contributed by atoms with E-state index in [0.29, 0.717) is 12.3 Å². The molecule has 20 heavy (non-hydrogen) atoms. The van der Waals surface area contributed by atoms with Gasteiger partial charge in [-0.1, -0.05) is 32.1 Å². The van der Waals surface area contributed by atoms with E-state index in [0.717, 1.165) is 9.84 Å². The van der Waals surface area contributed by atoms with Gasteiger partial charge < -0.3 is 4.43 Å². The molecule has 2 aromatic heterocycles. The summed E-state index contributed by atoms with van der Waals surface area (Å²) in [6.45, 7) is 13.3. The average Bonchev–Trinajstić information content (AvgIpc) is 2.82. The van der Waals surface area contributed by atoms with E-state index in [1.165, 1.54) is 0 Å². The Hall–Kier alpha value is -0.983. The van der Waals surface area contributed by atoms with Crippen molar-refractivity contribution in [2.24, 2.45) is 0 Å². The number of carbonyl (C=O) groups excluding carboxylic acids is 1. The monoisotopic (exact) mass is 310 g/mol. The van der Waals surface area contributed by atoms with E-state index in [2.05, 4.69) is 38.8 Å². The number of carbonyl (C=O) groups is 1. The molecule has 0 aliphatic carbocycles. The molecule has 0 spiro atoms. The van der Waals surface area contributed by atoms with Gasteiger partial charge in [0.15, 0.2) is 19.1 Å². The van der Waals surface area contributed by atoms with Gasteiger partial charge in [0.25, 0.3) is 0 Å². The minimum Gasteiger partial charge on any atom is -0.412 e. The highest BCUT2D eigenvalue weighted by Gasteiger charge is 2.37. The van der Waals surface area contributed by atoms with Crippen LogP contribution in [0.4, 0.5) is 0 Å². The van der Waals surface area contributed by atoms with Gasteiger partial charge in [0.05, 0.1) is 12.8 Å². The number of hydrogen-bond donors (Lipinski definition) is 0. The van der Waals surface area contributed by atoms with E-state index in [4.69, 9.17) is 4.43 Å². The van der Waals surface area contributed by atoms with Crippen molar-refractivity contribution in [2.45, 2.75) is 52.4 Å². The lowest BCUT2D eigenvalue weighted by Gasteiger charge is -2.35. The fourth-order valence-electron chi connectivity index (χ4n) is 1.63. The Morgan fingerprint density at radius 3 is 2.65 bits per heavy atom. The first kappa shape index (κ1) is 15.4. The first-order chi connectivity index (χ1) is 9.12. The molecule has 0 atom stereocenters. The summed E-state index contributed by atoms with van der Waals surface area (Å²) in [5.74, 6) is 0.0344. The SMILES string of the molecule is CC(=O)c1cnc2sc(CO[Si](C)(C)C(C)(C)C)cn12. The lowest BCUT2D eigenvalue weighted by molar-refractivity contribution is 0.101. The highest BCUT2D eigenvalue weighted by atomic mass is 32.1. The molecule has 0 saturated heterocycles. The van der Waals surface area contributed by atoms with Crippen LogP contribution in [-0.2, 0) is 11.0 Å². The Morgan fingerprint density at radius 1 is 1.45 bits per heavy atom. The van der Waals surface area contributed by atoms with Gasteiger partial charge in [0.1, 0.15) is 5.69 Å². The van der Waals surface area contributed by atoms with Crippen molar-refractivity contribution in [1.82, 2.24) is 9.38 Å². The molecule has 6 heteroatoms.